The molecule has 0 N–H and O–H groups in total. The highest BCUT2D eigenvalue weighted by molar-refractivity contribution is 7.89. The average Bonchev–Trinajstić information content (AvgIpc) is 3.22. The molecule has 34 heavy (non-hydrogen) atoms. The maximum atomic E-state index is 13.2. The molecule has 2 fully saturated rings. The molecule has 0 radical (unpaired) electrons. The lowest BCUT2D eigenvalue weighted by molar-refractivity contribution is 0.0730. The molecule has 182 valence electrons. The van der Waals surface area contributed by atoms with E-state index in [1.54, 1.807) is 24.5 Å². The normalized spacial score (nSPS) is 18.1. The summed E-state index contributed by atoms with van der Waals surface area (Å²) in [5.41, 5.74) is 2.33. The third-order valence-electron chi connectivity index (χ3n) is 6.07. The van der Waals surface area contributed by atoms with Gasteiger partial charge in [0.2, 0.25) is 16.0 Å². The lowest BCUT2D eigenvalue weighted by atomic mass is 10.2. The minimum absolute atomic E-state index is 0.251. The lowest BCUT2D eigenvalue weighted by Crippen LogP contribution is -2.40. The summed E-state index contributed by atoms with van der Waals surface area (Å²) in [6, 6.07) is 5.20. The van der Waals surface area contributed by atoms with Gasteiger partial charge in [0.15, 0.2) is 0 Å². The van der Waals surface area contributed by atoms with Crippen LogP contribution in [0.3, 0.4) is 0 Å². The summed E-state index contributed by atoms with van der Waals surface area (Å²) in [4.78, 5) is 16.4. The molecule has 10 nitrogen and oxygen atoms in total. The van der Waals surface area contributed by atoms with Crippen LogP contribution in [0.4, 0.5) is 5.95 Å². The van der Waals surface area contributed by atoms with Crippen LogP contribution in [-0.2, 0) is 26.0 Å². The van der Waals surface area contributed by atoms with Gasteiger partial charge in [0.1, 0.15) is 5.82 Å². The van der Waals surface area contributed by atoms with E-state index < -0.39 is 10.0 Å². The van der Waals surface area contributed by atoms with Crippen molar-refractivity contribution in [2.24, 2.45) is 5.92 Å². The van der Waals surface area contributed by atoms with Crippen molar-refractivity contribution in [1.29, 1.82) is 0 Å². The van der Waals surface area contributed by atoms with Crippen LogP contribution in [-0.4, -0.2) is 84.8 Å². The molecule has 0 bridgehead atoms. The second kappa shape index (κ2) is 9.57. The molecular weight excluding hydrogens is 456 g/mol. The molecular formula is C23H30N6O4S. The third-order valence-corrected chi connectivity index (χ3v) is 7.96. The van der Waals surface area contributed by atoms with Gasteiger partial charge >= 0.3 is 0 Å². The van der Waals surface area contributed by atoms with Crippen LogP contribution in [0.2, 0.25) is 0 Å². The monoisotopic (exact) mass is 486 g/mol. The third kappa shape index (κ3) is 4.52. The Kier molecular flexibility index (Phi) is 6.52. The number of imidazole rings is 1. The number of hydrogen-bond donors (Lipinski definition) is 0. The number of ether oxygens (including phenoxy) is 2. The van der Waals surface area contributed by atoms with Crippen molar-refractivity contribution in [3.8, 4) is 11.4 Å². The quantitative estimate of drug-likeness (QED) is 0.521. The van der Waals surface area contributed by atoms with Gasteiger partial charge in [-0.25, -0.2) is 23.4 Å². The van der Waals surface area contributed by atoms with Gasteiger partial charge in [0, 0.05) is 45.1 Å². The largest absolute Gasteiger partial charge is 0.379 e. The van der Waals surface area contributed by atoms with Crippen molar-refractivity contribution in [1.82, 2.24) is 23.8 Å². The number of nitrogens with zero attached hydrogens (tertiary/aromatic N) is 6. The number of anilines is 1. The van der Waals surface area contributed by atoms with E-state index in [0.29, 0.717) is 56.9 Å². The topological polar surface area (TPSA) is 103 Å². The number of aromatic nitrogens is 4. The fourth-order valence-corrected chi connectivity index (χ4v) is 5.77. The van der Waals surface area contributed by atoms with Crippen LogP contribution in [0.5, 0.6) is 0 Å². The first kappa shape index (κ1) is 23.2. The molecule has 1 aromatic carbocycles. The zero-order valence-electron chi connectivity index (χ0n) is 19.6. The summed E-state index contributed by atoms with van der Waals surface area (Å²) in [6.45, 7) is 9.46. The molecule has 0 spiro atoms. The van der Waals surface area contributed by atoms with E-state index in [9.17, 15) is 8.42 Å². The molecule has 0 unspecified atom stereocenters. The SMILES string of the molecule is CC(C)Cn1c(-c2cnc(N3CCOCC3)nc2)nc2cc(S(=O)(=O)N3CCOCC3)ccc21. The Hall–Kier alpha value is -2.60. The van der Waals surface area contributed by atoms with Crippen LogP contribution in [0.25, 0.3) is 22.4 Å². The molecule has 0 amide bonds. The Morgan fingerprint density at radius 2 is 1.62 bits per heavy atom. The van der Waals surface area contributed by atoms with Crippen LogP contribution >= 0.6 is 0 Å². The number of benzene rings is 1. The van der Waals surface area contributed by atoms with E-state index >= 15 is 0 Å². The molecule has 3 aromatic rings. The minimum atomic E-state index is -3.60. The van der Waals surface area contributed by atoms with Crippen molar-refractivity contribution in [3.05, 3.63) is 30.6 Å². The van der Waals surface area contributed by atoms with Gasteiger partial charge < -0.3 is 18.9 Å². The summed E-state index contributed by atoms with van der Waals surface area (Å²) in [5.74, 6) is 1.79. The Bertz CT molecular complexity index is 1250. The van der Waals surface area contributed by atoms with Crippen molar-refractivity contribution >= 4 is 27.0 Å². The van der Waals surface area contributed by atoms with E-state index in [1.165, 1.54) is 4.31 Å². The van der Waals surface area contributed by atoms with Gasteiger partial charge in [0.05, 0.1) is 47.9 Å². The molecule has 2 aromatic heterocycles. The molecule has 2 aliphatic heterocycles. The Morgan fingerprint density at radius 3 is 2.26 bits per heavy atom. The summed E-state index contributed by atoms with van der Waals surface area (Å²) in [7, 11) is -3.60. The van der Waals surface area contributed by atoms with Crippen LogP contribution in [0, 0.1) is 5.92 Å². The van der Waals surface area contributed by atoms with E-state index in [0.717, 1.165) is 36.5 Å². The van der Waals surface area contributed by atoms with Crippen LogP contribution < -0.4 is 4.90 Å². The van der Waals surface area contributed by atoms with E-state index in [4.69, 9.17) is 14.5 Å². The molecule has 2 saturated heterocycles. The molecule has 5 rings (SSSR count). The molecule has 0 aliphatic carbocycles. The second-order valence-electron chi connectivity index (χ2n) is 8.98. The summed E-state index contributed by atoms with van der Waals surface area (Å²) >= 11 is 0. The second-order valence-corrected chi connectivity index (χ2v) is 10.9. The van der Waals surface area contributed by atoms with Crippen molar-refractivity contribution in [3.63, 3.8) is 0 Å². The average molecular weight is 487 g/mol. The molecule has 4 heterocycles. The summed E-state index contributed by atoms with van der Waals surface area (Å²) < 4.78 is 40.6. The summed E-state index contributed by atoms with van der Waals surface area (Å²) in [6.07, 6.45) is 3.59. The maximum absolute atomic E-state index is 13.2. The smallest absolute Gasteiger partial charge is 0.243 e. The molecule has 2 aliphatic rings. The van der Waals surface area contributed by atoms with Gasteiger partial charge in [-0.2, -0.15) is 4.31 Å². The molecule has 0 atom stereocenters. The number of rotatable bonds is 6. The van der Waals surface area contributed by atoms with Gasteiger partial charge in [-0.05, 0) is 24.1 Å². The highest BCUT2D eigenvalue weighted by Crippen LogP contribution is 2.29. The fraction of sp³-hybridized carbons (Fsp3) is 0.522. The van der Waals surface area contributed by atoms with Gasteiger partial charge in [0.25, 0.3) is 0 Å². The Balaban J connectivity index is 1.52. The Morgan fingerprint density at radius 1 is 0.971 bits per heavy atom. The first-order valence-electron chi connectivity index (χ1n) is 11.7. The lowest BCUT2D eigenvalue weighted by Gasteiger charge is -2.26. The van der Waals surface area contributed by atoms with Gasteiger partial charge in [-0.15, -0.1) is 0 Å². The number of morpholine rings is 2. The number of fused-ring (bicyclic) bond motifs is 1. The van der Waals surface area contributed by atoms with Gasteiger partial charge in [-0.1, -0.05) is 13.8 Å². The first-order chi connectivity index (χ1) is 16.4. The van der Waals surface area contributed by atoms with Crippen LogP contribution in [0.1, 0.15) is 13.8 Å². The zero-order valence-corrected chi connectivity index (χ0v) is 20.4. The predicted molar refractivity (Wildman–Crippen MR) is 128 cm³/mol. The minimum Gasteiger partial charge on any atom is -0.379 e. The standard InChI is InChI=1S/C23H30N6O4S/c1-17(2)16-29-21-4-3-19(34(30,31)28-7-11-33-12-8-28)13-20(21)26-22(29)18-14-24-23(25-15-18)27-5-9-32-10-6-27/h3-4,13-15,17H,5-12,16H2,1-2H3. The zero-order chi connectivity index (χ0) is 23.7. The Labute approximate surface area is 199 Å². The predicted octanol–water partition coefficient (Wildman–Crippen LogP) is 2.01. The maximum Gasteiger partial charge on any atom is 0.243 e. The first-order valence-corrected chi connectivity index (χ1v) is 13.1. The summed E-state index contributed by atoms with van der Waals surface area (Å²) in [5, 5.41) is 0. The fourth-order valence-electron chi connectivity index (χ4n) is 4.34. The molecule has 0 saturated carbocycles. The van der Waals surface area contributed by atoms with E-state index in [2.05, 4.69) is 33.3 Å². The van der Waals surface area contributed by atoms with Crippen molar-refractivity contribution in [2.75, 3.05) is 57.5 Å². The van der Waals surface area contributed by atoms with E-state index in [-0.39, 0.29) is 4.90 Å². The van der Waals surface area contributed by atoms with E-state index in [1.807, 2.05) is 6.07 Å². The molecule has 11 heteroatoms. The van der Waals surface area contributed by atoms with Crippen molar-refractivity contribution < 1.29 is 17.9 Å². The number of hydrogen-bond acceptors (Lipinski definition) is 8. The number of sulfonamides is 1. The highest BCUT2D eigenvalue weighted by Gasteiger charge is 2.27. The van der Waals surface area contributed by atoms with Crippen molar-refractivity contribution in [2.45, 2.75) is 25.3 Å². The van der Waals surface area contributed by atoms with Gasteiger partial charge in [-0.3, -0.25) is 0 Å². The highest BCUT2D eigenvalue weighted by atomic mass is 32.2. The van der Waals surface area contributed by atoms with Crippen LogP contribution in [0.15, 0.2) is 35.5 Å².